The fourth-order valence-corrected chi connectivity index (χ4v) is 5.11. The van der Waals surface area contributed by atoms with Gasteiger partial charge in [0.1, 0.15) is 6.10 Å². The summed E-state index contributed by atoms with van der Waals surface area (Å²) in [7, 11) is 1.81. The summed E-state index contributed by atoms with van der Waals surface area (Å²) in [4.78, 5) is 33.9. The average Bonchev–Trinajstić information content (AvgIpc) is 3.17. The lowest BCUT2D eigenvalue weighted by molar-refractivity contribution is -0.146. The Morgan fingerprint density at radius 1 is 1.21 bits per heavy atom. The Kier molecular flexibility index (Phi) is 6.18. The van der Waals surface area contributed by atoms with Crippen molar-refractivity contribution in [2.75, 3.05) is 20.1 Å². The van der Waals surface area contributed by atoms with Crippen molar-refractivity contribution in [2.24, 2.45) is 17.8 Å². The SMILES string of the molecule is CC1CCC(C(=O)N2CC[C@H]3CC(C(=O)N(C)Cc4ccccn4)O[C@H]3C2)CC1. The molecule has 1 aliphatic carbocycles. The fraction of sp³-hybridized carbons (Fsp3) is 0.696. The van der Waals surface area contributed by atoms with Gasteiger partial charge in [-0.25, -0.2) is 0 Å². The zero-order valence-electron chi connectivity index (χ0n) is 17.6. The van der Waals surface area contributed by atoms with Crippen LogP contribution >= 0.6 is 0 Å². The standard InChI is InChI=1S/C23H33N3O3/c1-16-6-8-17(9-7-16)22(27)26-12-10-18-13-20(29-21(18)15-26)23(28)25(2)14-19-5-3-4-11-24-19/h3-5,11,16-18,20-21H,6-10,12-15H2,1-2H3/t16?,17?,18-,20?,21-/m0/s1. The van der Waals surface area contributed by atoms with Gasteiger partial charge in [0.15, 0.2) is 0 Å². The van der Waals surface area contributed by atoms with E-state index in [0.717, 1.165) is 56.7 Å². The van der Waals surface area contributed by atoms with Crippen LogP contribution in [0, 0.1) is 17.8 Å². The number of hydrogen-bond acceptors (Lipinski definition) is 4. The first kappa shape index (κ1) is 20.3. The highest BCUT2D eigenvalue weighted by Gasteiger charge is 2.44. The largest absolute Gasteiger partial charge is 0.363 e. The molecule has 1 unspecified atom stereocenters. The first-order chi connectivity index (χ1) is 14.0. The highest BCUT2D eigenvalue weighted by molar-refractivity contribution is 5.81. The molecule has 0 spiro atoms. The minimum Gasteiger partial charge on any atom is -0.363 e. The molecule has 2 amide bonds. The lowest BCUT2D eigenvalue weighted by Crippen LogP contribution is -2.48. The molecule has 1 aromatic rings. The van der Waals surface area contributed by atoms with E-state index in [2.05, 4.69) is 11.9 Å². The Morgan fingerprint density at radius 2 is 2.00 bits per heavy atom. The molecule has 3 atom stereocenters. The number of carbonyl (C=O) groups excluding carboxylic acids is 2. The van der Waals surface area contributed by atoms with Gasteiger partial charge in [-0.05, 0) is 62.5 Å². The second-order valence-electron chi connectivity index (χ2n) is 9.20. The maximum atomic E-state index is 13.0. The number of nitrogens with zero attached hydrogens (tertiary/aromatic N) is 3. The number of carbonyl (C=O) groups is 2. The van der Waals surface area contributed by atoms with Gasteiger partial charge in [-0.1, -0.05) is 13.0 Å². The van der Waals surface area contributed by atoms with Gasteiger partial charge in [-0.2, -0.15) is 0 Å². The van der Waals surface area contributed by atoms with E-state index < -0.39 is 6.10 Å². The summed E-state index contributed by atoms with van der Waals surface area (Å²) in [5.74, 6) is 1.64. The Bertz CT molecular complexity index is 717. The zero-order valence-corrected chi connectivity index (χ0v) is 17.6. The van der Waals surface area contributed by atoms with E-state index in [1.807, 2.05) is 30.1 Å². The quantitative estimate of drug-likeness (QED) is 0.781. The van der Waals surface area contributed by atoms with Crippen molar-refractivity contribution >= 4 is 11.8 Å². The van der Waals surface area contributed by atoms with Gasteiger partial charge < -0.3 is 14.5 Å². The highest BCUT2D eigenvalue weighted by Crippen LogP contribution is 2.36. The van der Waals surface area contributed by atoms with Crippen molar-refractivity contribution in [1.29, 1.82) is 0 Å². The van der Waals surface area contributed by atoms with Crippen LogP contribution in [-0.2, 0) is 20.9 Å². The molecule has 29 heavy (non-hydrogen) atoms. The normalized spacial score (nSPS) is 31.9. The van der Waals surface area contributed by atoms with Crippen LogP contribution in [0.3, 0.4) is 0 Å². The smallest absolute Gasteiger partial charge is 0.251 e. The first-order valence-electron chi connectivity index (χ1n) is 11.1. The number of aromatic nitrogens is 1. The molecule has 4 rings (SSSR count). The van der Waals surface area contributed by atoms with E-state index in [0.29, 0.717) is 24.9 Å². The molecule has 2 saturated heterocycles. The lowest BCUT2D eigenvalue weighted by atomic mass is 9.81. The third-order valence-corrected chi connectivity index (χ3v) is 7.01. The third-order valence-electron chi connectivity index (χ3n) is 7.01. The molecule has 1 aromatic heterocycles. The van der Waals surface area contributed by atoms with Gasteiger partial charge in [-0.3, -0.25) is 14.6 Å². The van der Waals surface area contributed by atoms with Gasteiger partial charge in [0.2, 0.25) is 5.91 Å². The van der Waals surface area contributed by atoms with E-state index >= 15 is 0 Å². The number of hydrogen-bond donors (Lipinski definition) is 0. The molecule has 1 saturated carbocycles. The summed E-state index contributed by atoms with van der Waals surface area (Å²) in [5.41, 5.74) is 0.873. The number of likely N-dealkylation sites (tertiary alicyclic amines) is 1. The van der Waals surface area contributed by atoms with Crippen molar-refractivity contribution in [3.05, 3.63) is 30.1 Å². The summed E-state index contributed by atoms with van der Waals surface area (Å²) in [6.45, 7) is 4.21. The number of pyridine rings is 1. The van der Waals surface area contributed by atoms with Crippen LogP contribution in [0.15, 0.2) is 24.4 Å². The minimum atomic E-state index is -0.399. The molecule has 3 fully saturated rings. The molecule has 3 heterocycles. The summed E-state index contributed by atoms with van der Waals surface area (Å²) in [6, 6.07) is 5.73. The van der Waals surface area contributed by atoms with Gasteiger partial charge in [0.05, 0.1) is 18.3 Å². The van der Waals surface area contributed by atoms with Crippen LogP contribution < -0.4 is 0 Å². The predicted octanol–water partition coefficient (Wildman–Crippen LogP) is 2.87. The van der Waals surface area contributed by atoms with Crippen LogP contribution in [0.1, 0.15) is 51.1 Å². The number of fused-ring (bicyclic) bond motifs is 1. The lowest BCUT2D eigenvalue weighted by Gasteiger charge is -2.37. The molecule has 0 radical (unpaired) electrons. The summed E-state index contributed by atoms with van der Waals surface area (Å²) >= 11 is 0. The van der Waals surface area contributed by atoms with E-state index in [-0.39, 0.29) is 17.9 Å². The van der Waals surface area contributed by atoms with Crippen molar-refractivity contribution in [3.63, 3.8) is 0 Å². The number of piperidine rings is 1. The fourth-order valence-electron chi connectivity index (χ4n) is 5.11. The number of likely N-dealkylation sites (N-methyl/N-ethyl adjacent to an activating group) is 1. The topological polar surface area (TPSA) is 62.7 Å². The minimum absolute atomic E-state index is 0.00702. The second kappa shape index (κ2) is 8.82. The Morgan fingerprint density at radius 3 is 2.72 bits per heavy atom. The zero-order chi connectivity index (χ0) is 20.4. The van der Waals surface area contributed by atoms with Crippen molar-refractivity contribution in [1.82, 2.24) is 14.8 Å². The summed E-state index contributed by atoms with van der Waals surface area (Å²) < 4.78 is 6.17. The predicted molar refractivity (Wildman–Crippen MR) is 110 cm³/mol. The van der Waals surface area contributed by atoms with Crippen molar-refractivity contribution < 1.29 is 14.3 Å². The first-order valence-corrected chi connectivity index (χ1v) is 11.1. The van der Waals surface area contributed by atoms with E-state index in [9.17, 15) is 9.59 Å². The van der Waals surface area contributed by atoms with Gasteiger partial charge in [0.25, 0.3) is 5.91 Å². The van der Waals surface area contributed by atoms with E-state index in [1.54, 1.807) is 11.1 Å². The Hall–Kier alpha value is -1.95. The third kappa shape index (κ3) is 4.63. The molecule has 0 N–H and O–H groups in total. The van der Waals surface area contributed by atoms with Gasteiger partial charge in [-0.15, -0.1) is 0 Å². The summed E-state index contributed by atoms with van der Waals surface area (Å²) in [5, 5.41) is 0. The molecule has 158 valence electrons. The molecule has 0 aromatic carbocycles. The van der Waals surface area contributed by atoms with E-state index in [1.165, 1.54) is 0 Å². The van der Waals surface area contributed by atoms with Crippen LogP contribution in [0.25, 0.3) is 0 Å². The molecule has 3 aliphatic rings. The maximum Gasteiger partial charge on any atom is 0.251 e. The monoisotopic (exact) mass is 399 g/mol. The number of amides is 2. The number of rotatable bonds is 4. The van der Waals surface area contributed by atoms with Crippen LogP contribution in [0.4, 0.5) is 0 Å². The van der Waals surface area contributed by atoms with Crippen molar-refractivity contribution in [3.8, 4) is 0 Å². The summed E-state index contributed by atoms with van der Waals surface area (Å²) in [6.07, 6.45) is 7.39. The van der Waals surface area contributed by atoms with Gasteiger partial charge >= 0.3 is 0 Å². The molecule has 6 heteroatoms. The Balaban J connectivity index is 1.30. The molecule has 2 aliphatic heterocycles. The van der Waals surface area contributed by atoms with Crippen molar-refractivity contribution in [2.45, 2.75) is 64.2 Å². The van der Waals surface area contributed by atoms with Gasteiger partial charge in [0, 0.05) is 32.3 Å². The highest BCUT2D eigenvalue weighted by atomic mass is 16.5. The maximum absolute atomic E-state index is 13.0. The molecular weight excluding hydrogens is 366 g/mol. The molecule has 6 nitrogen and oxygen atoms in total. The number of ether oxygens (including phenoxy) is 1. The van der Waals surface area contributed by atoms with Crippen LogP contribution in [0.2, 0.25) is 0 Å². The van der Waals surface area contributed by atoms with Crippen LogP contribution in [-0.4, -0.2) is 58.9 Å². The van der Waals surface area contributed by atoms with Crippen LogP contribution in [0.5, 0.6) is 0 Å². The molecular formula is C23H33N3O3. The Labute approximate surface area is 173 Å². The average molecular weight is 400 g/mol. The molecule has 0 bridgehead atoms. The second-order valence-corrected chi connectivity index (χ2v) is 9.20. The van der Waals surface area contributed by atoms with E-state index in [4.69, 9.17) is 4.74 Å².